The predicted octanol–water partition coefficient (Wildman–Crippen LogP) is 4.23. The molecule has 0 spiro atoms. The molecule has 2 N–H and O–H groups in total. The highest BCUT2D eigenvalue weighted by Crippen LogP contribution is 2.22. The predicted molar refractivity (Wildman–Crippen MR) is 90.3 cm³/mol. The summed E-state index contributed by atoms with van der Waals surface area (Å²) in [7, 11) is 0. The number of ether oxygens (including phenoxy) is 1. The zero-order valence-corrected chi connectivity index (χ0v) is 13.3. The van der Waals surface area contributed by atoms with Gasteiger partial charge in [-0.2, -0.15) is 0 Å². The Hall–Kier alpha value is -1.22. The van der Waals surface area contributed by atoms with Crippen molar-refractivity contribution in [1.82, 2.24) is 0 Å². The minimum Gasteiger partial charge on any atom is -0.492 e. The quantitative estimate of drug-likeness (QED) is 0.916. The fourth-order valence-electron chi connectivity index (χ4n) is 1.72. The Morgan fingerprint density at radius 1 is 0.900 bits per heavy atom. The third-order valence-corrected chi connectivity index (χ3v) is 2.75. The van der Waals surface area contributed by atoms with E-state index in [1.54, 1.807) is 0 Å². The molecule has 0 heterocycles. The molecule has 0 aliphatic rings. The van der Waals surface area contributed by atoms with E-state index in [-0.39, 0.29) is 30.9 Å². The van der Waals surface area contributed by atoms with Crippen LogP contribution in [0, 0.1) is 6.92 Å². The van der Waals surface area contributed by atoms with Gasteiger partial charge < -0.3 is 10.5 Å². The molecule has 0 aliphatic heterocycles. The van der Waals surface area contributed by atoms with Gasteiger partial charge in [0.15, 0.2) is 0 Å². The molecule has 4 heteroatoms. The first-order chi connectivity index (χ1) is 8.65. The third-order valence-electron chi connectivity index (χ3n) is 2.75. The average Bonchev–Trinajstić information content (AvgIpc) is 2.38. The summed E-state index contributed by atoms with van der Waals surface area (Å²) < 4.78 is 5.55. The highest BCUT2D eigenvalue weighted by Gasteiger charge is 2.00. The van der Waals surface area contributed by atoms with E-state index in [1.807, 2.05) is 19.1 Å². The van der Waals surface area contributed by atoms with Crippen molar-refractivity contribution in [2.45, 2.75) is 19.9 Å². The number of hydrogen-bond donors (Lipinski definition) is 1. The van der Waals surface area contributed by atoms with Gasteiger partial charge in [-0.3, -0.25) is 0 Å². The molecule has 0 aliphatic carbocycles. The summed E-state index contributed by atoms with van der Waals surface area (Å²) in [5, 5.41) is 0. The maximum atomic E-state index is 5.65. The van der Waals surface area contributed by atoms with E-state index in [2.05, 4.69) is 43.3 Å². The molecule has 0 fully saturated rings. The Kier molecular flexibility index (Phi) is 8.31. The van der Waals surface area contributed by atoms with Gasteiger partial charge in [0.05, 0.1) is 0 Å². The molecule has 2 rings (SSSR count). The third kappa shape index (κ3) is 5.41. The lowest BCUT2D eigenvalue weighted by Crippen LogP contribution is -2.23. The SMILES string of the molecule is Cc1ccc(-c2ccc(OCC(C)N)cc2)cc1.Cl.Cl. The molecular weight excluding hydrogens is 293 g/mol. The molecule has 20 heavy (non-hydrogen) atoms. The number of hydrogen-bond acceptors (Lipinski definition) is 2. The van der Waals surface area contributed by atoms with E-state index in [0.29, 0.717) is 6.61 Å². The van der Waals surface area contributed by atoms with Crippen molar-refractivity contribution in [2.75, 3.05) is 6.61 Å². The van der Waals surface area contributed by atoms with E-state index in [1.165, 1.54) is 16.7 Å². The number of aryl methyl sites for hydroxylation is 1. The van der Waals surface area contributed by atoms with Crippen molar-refractivity contribution in [3.8, 4) is 16.9 Å². The van der Waals surface area contributed by atoms with Gasteiger partial charge in [0, 0.05) is 6.04 Å². The number of halogens is 2. The number of rotatable bonds is 4. The Labute approximate surface area is 133 Å². The van der Waals surface area contributed by atoms with Gasteiger partial charge in [-0.25, -0.2) is 0 Å². The van der Waals surface area contributed by atoms with Gasteiger partial charge in [-0.05, 0) is 37.1 Å². The molecule has 1 unspecified atom stereocenters. The summed E-state index contributed by atoms with van der Waals surface area (Å²) in [6.45, 7) is 4.57. The largest absolute Gasteiger partial charge is 0.492 e. The van der Waals surface area contributed by atoms with Gasteiger partial charge in [-0.15, -0.1) is 24.8 Å². The summed E-state index contributed by atoms with van der Waals surface area (Å²) in [6, 6.07) is 16.7. The first kappa shape index (κ1) is 18.8. The van der Waals surface area contributed by atoms with Gasteiger partial charge in [0.25, 0.3) is 0 Å². The summed E-state index contributed by atoms with van der Waals surface area (Å²) in [6.07, 6.45) is 0. The topological polar surface area (TPSA) is 35.2 Å². The first-order valence-electron chi connectivity index (χ1n) is 6.20. The molecule has 0 bridgehead atoms. The molecule has 0 saturated heterocycles. The highest BCUT2D eigenvalue weighted by molar-refractivity contribution is 5.85. The average molecular weight is 314 g/mol. The second kappa shape index (κ2) is 8.85. The normalized spacial score (nSPS) is 10.9. The lowest BCUT2D eigenvalue weighted by molar-refractivity contribution is 0.296. The minimum atomic E-state index is 0. The molecule has 2 nitrogen and oxygen atoms in total. The Morgan fingerprint density at radius 2 is 1.35 bits per heavy atom. The maximum absolute atomic E-state index is 5.65. The van der Waals surface area contributed by atoms with Crippen LogP contribution in [0.1, 0.15) is 12.5 Å². The van der Waals surface area contributed by atoms with Gasteiger partial charge in [-0.1, -0.05) is 42.0 Å². The Balaban J connectivity index is 0.00000180. The van der Waals surface area contributed by atoms with Crippen LogP contribution in [-0.2, 0) is 0 Å². The standard InChI is InChI=1S/C16H19NO.2ClH/c1-12-3-5-14(6-4-12)15-7-9-16(10-8-15)18-11-13(2)17;;/h3-10,13H,11,17H2,1-2H3;2*1H. The van der Waals surface area contributed by atoms with E-state index >= 15 is 0 Å². The van der Waals surface area contributed by atoms with E-state index in [9.17, 15) is 0 Å². The van der Waals surface area contributed by atoms with Gasteiger partial charge in [0.2, 0.25) is 0 Å². The molecule has 0 radical (unpaired) electrons. The van der Waals surface area contributed by atoms with Crippen LogP contribution in [0.25, 0.3) is 11.1 Å². The lowest BCUT2D eigenvalue weighted by Gasteiger charge is -2.09. The van der Waals surface area contributed by atoms with Gasteiger partial charge in [0.1, 0.15) is 12.4 Å². The number of benzene rings is 2. The first-order valence-corrected chi connectivity index (χ1v) is 6.20. The molecule has 0 aromatic heterocycles. The molecule has 1 atom stereocenters. The molecule has 0 amide bonds. The Morgan fingerprint density at radius 3 is 1.80 bits per heavy atom. The lowest BCUT2D eigenvalue weighted by atomic mass is 10.0. The molecule has 0 saturated carbocycles. The van der Waals surface area contributed by atoms with Crippen LogP contribution in [0.5, 0.6) is 5.75 Å². The molecule has 2 aromatic carbocycles. The van der Waals surface area contributed by atoms with Gasteiger partial charge >= 0.3 is 0 Å². The van der Waals surface area contributed by atoms with Crippen LogP contribution in [-0.4, -0.2) is 12.6 Å². The van der Waals surface area contributed by atoms with E-state index in [4.69, 9.17) is 10.5 Å². The molecule has 110 valence electrons. The van der Waals surface area contributed by atoms with Crippen molar-refractivity contribution < 1.29 is 4.74 Å². The van der Waals surface area contributed by atoms with E-state index in [0.717, 1.165) is 5.75 Å². The Bertz CT molecular complexity index is 495. The van der Waals surface area contributed by atoms with E-state index < -0.39 is 0 Å². The zero-order valence-electron chi connectivity index (χ0n) is 11.7. The monoisotopic (exact) mass is 313 g/mol. The van der Waals surface area contributed by atoms with Crippen LogP contribution < -0.4 is 10.5 Å². The summed E-state index contributed by atoms with van der Waals surface area (Å²) in [4.78, 5) is 0. The maximum Gasteiger partial charge on any atom is 0.119 e. The van der Waals surface area contributed by atoms with Crippen molar-refractivity contribution in [1.29, 1.82) is 0 Å². The second-order valence-corrected chi connectivity index (χ2v) is 4.68. The van der Waals surface area contributed by atoms with Crippen molar-refractivity contribution >= 4 is 24.8 Å². The van der Waals surface area contributed by atoms with Crippen LogP contribution in [0.3, 0.4) is 0 Å². The van der Waals surface area contributed by atoms with Crippen LogP contribution in [0.4, 0.5) is 0 Å². The van der Waals surface area contributed by atoms with Crippen molar-refractivity contribution in [3.63, 3.8) is 0 Å². The minimum absolute atomic E-state index is 0. The second-order valence-electron chi connectivity index (χ2n) is 4.68. The van der Waals surface area contributed by atoms with Crippen LogP contribution >= 0.6 is 24.8 Å². The van der Waals surface area contributed by atoms with Crippen LogP contribution in [0.15, 0.2) is 48.5 Å². The summed E-state index contributed by atoms with van der Waals surface area (Å²) in [5.41, 5.74) is 9.34. The summed E-state index contributed by atoms with van der Waals surface area (Å²) in [5.74, 6) is 0.864. The fourth-order valence-corrected chi connectivity index (χ4v) is 1.72. The highest BCUT2D eigenvalue weighted by atomic mass is 35.5. The number of nitrogens with two attached hydrogens (primary N) is 1. The molecular formula is C16H21Cl2NO. The fraction of sp³-hybridized carbons (Fsp3) is 0.250. The van der Waals surface area contributed by atoms with Crippen LogP contribution in [0.2, 0.25) is 0 Å². The zero-order chi connectivity index (χ0) is 13.0. The molecule has 2 aromatic rings. The summed E-state index contributed by atoms with van der Waals surface area (Å²) >= 11 is 0. The smallest absolute Gasteiger partial charge is 0.119 e. The van der Waals surface area contributed by atoms with Crippen molar-refractivity contribution in [3.05, 3.63) is 54.1 Å². The van der Waals surface area contributed by atoms with Crippen molar-refractivity contribution in [2.24, 2.45) is 5.73 Å².